The third-order valence-corrected chi connectivity index (χ3v) is 1.74. The fourth-order valence-corrected chi connectivity index (χ4v) is 0.973. The Morgan fingerprint density at radius 1 is 1.69 bits per heavy atom. The van der Waals surface area contributed by atoms with Gasteiger partial charge in [-0.3, -0.25) is 9.78 Å². The number of esters is 1. The van der Waals surface area contributed by atoms with E-state index in [1.54, 1.807) is 6.92 Å². The van der Waals surface area contributed by atoms with E-state index in [2.05, 4.69) is 9.72 Å². The van der Waals surface area contributed by atoms with E-state index < -0.39 is 0 Å². The fraction of sp³-hybridized carbons (Fsp3) is 0.333. The van der Waals surface area contributed by atoms with E-state index in [1.165, 1.54) is 19.4 Å². The third-order valence-electron chi connectivity index (χ3n) is 1.74. The molecule has 1 heterocycles. The molecule has 0 amide bonds. The van der Waals surface area contributed by atoms with Crippen LogP contribution in [0.3, 0.4) is 0 Å². The summed E-state index contributed by atoms with van der Waals surface area (Å²) >= 11 is 0. The Labute approximate surface area is 76.2 Å². The zero-order valence-corrected chi connectivity index (χ0v) is 7.57. The van der Waals surface area contributed by atoms with Crippen LogP contribution >= 0.6 is 0 Å². The van der Waals surface area contributed by atoms with Crippen LogP contribution < -0.4 is 0 Å². The fourth-order valence-electron chi connectivity index (χ4n) is 0.973. The highest BCUT2D eigenvalue weighted by molar-refractivity contribution is 5.72. The minimum Gasteiger partial charge on any atom is -0.506 e. The molecule has 4 heteroatoms. The largest absolute Gasteiger partial charge is 0.506 e. The Morgan fingerprint density at radius 3 is 3.00 bits per heavy atom. The molecule has 0 atom stereocenters. The van der Waals surface area contributed by atoms with Gasteiger partial charge in [0.2, 0.25) is 0 Å². The van der Waals surface area contributed by atoms with E-state index in [9.17, 15) is 4.79 Å². The average molecular weight is 181 g/mol. The van der Waals surface area contributed by atoms with Gasteiger partial charge in [0.15, 0.2) is 0 Å². The van der Waals surface area contributed by atoms with Gasteiger partial charge in [-0.1, -0.05) is 0 Å². The molecule has 1 aromatic heterocycles. The van der Waals surface area contributed by atoms with E-state index >= 15 is 0 Å². The van der Waals surface area contributed by atoms with E-state index in [1.807, 2.05) is 0 Å². The molecule has 0 saturated carbocycles. The lowest BCUT2D eigenvalue weighted by Gasteiger charge is -2.03. The zero-order chi connectivity index (χ0) is 9.84. The lowest BCUT2D eigenvalue weighted by molar-refractivity contribution is -0.139. The Morgan fingerprint density at radius 2 is 2.38 bits per heavy atom. The van der Waals surface area contributed by atoms with E-state index in [-0.39, 0.29) is 18.1 Å². The summed E-state index contributed by atoms with van der Waals surface area (Å²) in [4.78, 5) is 14.8. The van der Waals surface area contributed by atoms with E-state index in [0.717, 1.165) is 5.69 Å². The van der Waals surface area contributed by atoms with Crippen LogP contribution in [0, 0.1) is 6.92 Å². The van der Waals surface area contributed by atoms with Crippen LogP contribution in [0.1, 0.15) is 11.3 Å². The Bertz CT molecular complexity index is 323. The smallest absolute Gasteiger partial charge is 0.310 e. The van der Waals surface area contributed by atoms with E-state index in [0.29, 0.717) is 5.56 Å². The molecule has 70 valence electrons. The minimum absolute atomic E-state index is 0.0597. The molecule has 13 heavy (non-hydrogen) atoms. The monoisotopic (exact) mass is 181 g/mol. The molecule has 1 rings (SSSR count). The molecule has 0 aliphatic carbocycles. The second-order valence-electron chi connectivity index (χ2n) is 2.69. The molecule has 0 aliphatic rings. The lowest BCUT2D eigenvalue weighted by atomic mass is 10.1. The van der Waals surface area contributed by atoms with Crippen LogP contribution in [-0.4, -0.2) is 23.2 Å². The molecule has 0 unspecified atom stereocenters. The number of methoxy groups -OCH3 is 1. The molecule has 0 aromatic carbocycles. The van der Waals surface area contributed by atoms with Crippen LogP contribution in [0.2, 0.25) is 0 Å². The Kier molecular flexibility index (Phi) is 2.84. The summed E-state index contributed by atoms with van der Waals surface area (Å²) in [5.41, 5.74) is 1.41. The summed E-state index contributed by atoms with van der Waals surface area (Å²) in [6.45, 7) is 1.78. The SMILES string of the molecule is COC(=O)Cc1cc(O)cnc1C. The minimum atomic E-state index is -0.337. The summed E-state index contributed by atoms with van der Waals surface area (Å²) in [7, 11) is 1.33. The van der Waals surface area contributed by atoms with Crippen LogP contribution in [0.15, 0.2) is 12.3 Å². The maximum Gasteiger partial charge on any atom is 0.310 e. The number of nitrogens with zero attached hydrogens (tertiary/aromatic N) is 1. The van der Waals surface area contributed by atoms with Gasteiger partial charge in [-0.15, -0.1) is 0 Å². The first kappa shape index (κ1) is 9.51. The van der Waals surface area contributed by atoms with Crippen molar-refractivity contribution in [1.82, 2.24) is 4.98 Å². The quantitative estimate of drug-likeness (QED) is 0.686. The molecule has 1 N–H and O–H groups in total. The van der Waals surface area contributed by atoms with Crippen LogP contribution in [0.5, 0.6) is 5.75 Å². The molecular weight excluding hydrogens is 170 g/mol. The summed E-state index contributed by atoms with van der Waals surface area (Å²) in [5, 5.41) is 9.11. The number of hydrogen-bond donors (Lipinski definition) is 1. The Balaban J connectivity index is 2.87. The van der Waals surface area contributed by atoms with Crippen molar-refractivity contribution in [1.29, 1.82) is 0 Å². The number of carbonyl (C=O) groups is 1. The van der Waals surface area contributed by atoms with E-state index in [4.69, 9.17) is 5.11 Å². The number of rotatable bonds is 2. The van der Waals surface area contributed by atoms with Gasteiger partial charge in [0.05, 0.1) is 19.7 Å². The van der Waals surface area contributed by atoms with Gasteiger partial charge < -0.3 is 9.84 Å². The van der Waals surface area contributed by atoms with Crippen molar-refractivity contribution in [3.63, 3.8) is 0 Å². The summed E-state index contributed by atoms with van der Waals surface area (Å²) < 4.78 is 4.50. The molecule has 0 saturated heterocycles. The average Bonchev–Trinajstić information content (AvgIpc) is 2.11. The summed E-state index contributed by atoms with van der Waals surface area (Å²) in [5.74, 6) is -0.278. The predicted octanol–water partition coefficient (Wildman–Crippen LogP) is 0.811. The molecule has 0 radical (unpaired) electrons. The van der Waals surface area contributed by atoms with Gasteiger partial charge in [0.1, 0.15) is 5.75 Å². The number of pyridine rings is 1. The van der Waals surface area contributed by atoms with Crippen molar-refractivity contribution < 1.29 is 14.6 Å². The van der Waals surface area contributed by atoms with Gasteiger partial charge in [-0.2, -0.15) is 0 Å². The summed E-state index contributed by atoms with van der Waals surface area (Å²) in [6, 6.07) is 1.51. The first-order chi connectivity index (χ1) is 6.13. The molecule has 1 aromatic rings. The van der Waals surface area contributed by atoms with Crippen molar-refractivity contribution >= 4 is 5.97 Å². The number of carbonyl (C=O) groups excluding carboxylic acids is 1. The molecule has 0 fully saturated rings. The number of hydrogen-bond acceptors (Lipinski definition) is 4. The van der Waals surface area contributed by atoms with Crippen molar-refractivity contribution in [3.8, 4) is 5.75 Å². The normalized spacial score (nSPS) is 9.69. The first-order valence-corrected chi connectivity index (χ1v) is 3.85. The van der Waals surface area contributed by atoms with Crippen LogP contribution in [-0.2, 0) is 16.0 Å². The lowest BCUT2D eigenvalue weighted by Crippen LogP contribution is -2.06. The second kappa shape index (κ2) is 3.89. The highest BCUT2D eigenvalue weighted by Gasteiger charge is 2.07. The standard InChI is InChI=1S/C9H11NO3/c1-6-7(4-9(12)13-2)3-8(11)5-10-6/h3,5,11H,4H2,1-2H3. The topological polar surface area (TPSA) is 59.4 Å². The Hall–Kier alpha value is -1.58. The third kappa shape index (κ3) is 2.43. The zero-order valence-electron chi connectivity index (χ0n) is 7.57. The predicted molar refractivity (Wildman–Crippen MR) is 46.4 cm³/mol. The van der Waals surface area contributed by atoms with Gasteiger partial charge in [0.25, 0.3) is 0 Å². The van der Waals surface area contributed by atoms with Gasteiger partial charge in [-0.25, -0.2) is 0 Å². The molecular formula is C9H11NO3. The number of aromatic nitrogens is 1. The molecule has 4 nitrogen and oxygen atoms in total. The van der Waals surface area contributed by atoms with Crippen LogP contribution in [0.25, 0.3) is 0 Å². The van der Waals surface area contributed by atoms with Crippen LogP contribution in [0.4, 0.5) is 0 Å². The number of aromatic hydroxyl groups is 1. The van der Waals surface area contributed by atoms with Crippen molar-refractivity contribution in [3.05, 3.63) is 23.5 Å². The van der Waals surface area contributed by atoms with Crippen molar-refractivity contribution in [2.75, 3.05) is 7.11 Å². The second-order valence-corrected chi connectivity index (χ2v) is 2.69. The molecule has 0 aliphatic heterocycles. The van der Waals surface area contributed by atoms with Crippen molar-refractivity contribution in [2.45, 2.75) is 13.3 Å². The summed E-state index contributed by atoms with van der Waals surface area (Å²) in [6.07, 6.45) is 1.49. The van der Waals surface area contributed by atoms with Gasteiger partial charge in [-0.05, 0) is 18.6 Å². The highest BCUT2D eigenvalue weighted by Crippen LogP contribution is 2.13. The number of aryl methyl sites for hydroxylation is 1. The number of ether oxygens (including phenoxy) is 1. The molecule has 0 bridgehead atoms. The first-order valence-electron chi connectivity index (χ1n) is 3.85. The van der Waals surface area contributed by atoms with Crippen molar-refractivity contribution in [2.24, 2.45) is 0 Å². The molecule has 0 spiro atoms. The maximum atomic E-state index is 10.9. The highest BCUT2D eigenvalue weighted by atomic mass is 16.5. The maximum absolute atomic E-state index is 10.9. The van der Waals surface area contributed by atoms with Gasteiger partial charge in [0, 0.05) is 5.69 Å². The van der Waals surface area contributed by atoms with Gasteiger partial charge >= 0.3 is 5.97 Å².